The molecule has 4 atom stereocenters. The van der Waals surface area contributed by atoms with Gasteiger partial charge in [-0.05, 0) is 64.9 Å². The lowest BCUT2D eigenvalue weighted by atomic mass is 9.96. The number of rotatable bonds is 12. The number of hydrogen-bond acceptors (Lipinski definition) is 7. The fourth-order valence-electron chi connectivity index (χ4n) is 3.21. The predicted molar refractivity (Wildman–Crippen MR) is 116 cm³/mol. The lowest BCUT2D eigenvalue weighted by molar-refractivity contribution is -0.153. The molecule has 1 N–H and O–H groups in total. The summed E-state index contributed by atoms with van der Waals surface area (Å²) in [5.41, 5.74) is -5.21. The predicted octanol–water partition coefficient (Wildman–Crippen LogP) is 4.62. The molecule has 0 radical (unpaired) electrons. The van der Waals surface area contributed by atoms with Gasteiger partial charge in [0, 0.05) is 5.92 Å². The van der Waals surface area contributed by atoms with Crippen LogP contribution >= 0.6 is 0 Å². The van der Waals surface area contributed by atoms with Crippen LogP contribution in [0.1, 0.15) is 66.2 Å². The van der Waals surface area contributed by atoms with Crippen molar-refractivity contribution in [2.45, 2.75) is 90.0 Å². The Morgan fingerprint density at radius 1 is 1.27 bits per heavy atom. The molecule has 0 spiro atoms. The van der Waals surface area contributed by atoms with E-state index >= 15 is 0 Å². The first-order valence-corrected chi connectivity index (χ1v) is 12.2. The third-order valence-electron chi connectivity index (χ3n) is 5.26. The van der Waals surface area contributed by atoms with E-state index in [1.807, 2.05) is 0 Å². The van der Waals surface area contributed by atoms with Gasteiger partial charge in [-0.25, -0.2) is 0 Å². The second-order valence-corrected chi connectivity index (χ2v) is 11.0. The van der Waals surface area contributed by atoms with Crippen molar-refractivity contribution in [1.82, 2.24) is 0 Å². The Balaban J connectivity index is 2.37. The molecule has 0 amide bonds. The van der Waals surface area contributed by atoms with E-state index in [1.165, 1.54) is 6.92 Å². The molecule has 1 heterocycles. The van der Waals surface area contributed by atoms with Crippen LogP contribution in [-0.4, -0.2) is 49.9 Å². The van der Waals surface area contributed by atoms with Gasteiger partial charge in [0.2, 0.25) is 0 Å². The summed E-state index contributed by atoms with van der Waals surface area (Å²) in [4.78, 5) is 11.8. The van der Waals surface area contributed by atoms with Crippen LogP contribution in [0, 0.1) is 11.3 Å². The number of halogens is 3. The molecule has 0 aliphatic carbocycles. The SMILES string of the molecule is C=C1C[C@H](CCCOC(=O)C(C)(C)C)OC1CC[C@@H](O)C[C@@H](C)C(=C)OS(=O)(=O)C(F)(F)F. The Morgan fingerprint density at radius 2 is 1.88 bits per heavy atom. The molecule has 192 valence electrons. The van der Waals surface area contributed by atoms with E-state index < -0.39 is 38.8 Å². The molecule has 33 heavy (non-hydrogen) atoms. The highest BCUT2D eigenvalue weighted by molar-refractivity contribution is 7.87. The zero-order chi connectivity index (χ0) is 25.6. The van der Waals surface area contributed by atoms with Gasteiger partial charge < -0.3 is 18.8 Å². The van der Waals surface area contributed by atoms with Crippen LogP contribution in [-0.2, 0) is 28.6 Å². The number of esters is 1. The first-order valence-electron chi connectivity index (χ1n) is 10.8. The van der Waals surface area contributed by atoms with Crippen molar-refractivity contribution >= 4 is 16.1 Å². The normalized spacial score (nSPS) is 21.5. The number of aliphatic hydroxyl groups excluding tert-OH is 1. The minimum absolute atomic E-state index is 0.0199. The van der Waals surface area contributed by atoms with Gasteiger partial charge in [0.25, 0.3) is 0 Å². The van der Waals surface area contributed by atoms with Gasteiger partial charge in [-0.15, -0.1) is 0 Å². The fourth-order valence-corrected chi connectivity index (χ4v) is 3.75. The van der Waals surface area contributed by atoms with Crippen molar-refractivity contribution in [3.63, 3.8) is 0 Å². The van der Waals surface area contributed by atoms with Crippen molar-refractivity contribution in [3.05, 3.63) is 24.5 Å². The Labute approximate surface area is 194 Å². The highest BCUT2D eigenvalue weighted by atomic mass is 32.2. The molecule has 1 aliphatic rings. The molecule has 1 rings (SSSR count). The molecule has 1 aliphatic heterocycles. The third-order valence-corrected chi connectivity index (χ3v) is 6.26. The molecule has 0 saturated carbocycles. The molecule has 0 aromatic carbocycles. The molecule has 0 aromatic rings. The number of aliphatic hydroxyl groups is 1. The summed E-state index contributed by atoms with van der Waals surface area (Å²) in [7, 11) is -5.78. The van der Waals surface area contributed by atoms with Gasteiger partial charge in [-0.3, -0.25) is 4.79 Å². The molecular formula is C22H35F3O7S. The molecule has 1 unspecified atom stereocenters. The summed E-state index contributed by atoms with van der Waals surface area (Å²) in [5.74, 6) is -1.65. The summed E-state index contributed by atoms with van der Waals surface area (Å²) in [6, 6.07) is 0. The molecule has 11 heteroatoms. The Morgan fingerprint density at radius 3 is 2.42 bits per heavy atom. The fraction of sp³-hybridized carbons (Fsp3) is 0.773. The van der Waals surface area contributed by atoms with E-state index in [1.54, 1.807) is 20.8 Å². The largest absolute Gasteiger partial charge is 0.534 e. The van der Waals surface area contributed by atoms with Crippen LogP contribution in [0.5, 0.6) is 0 Å². The molecule has 1 saturated heterocycles. The quantitative estimate of drug-likeness (QED) is 0.104. The zero-order valence-electron chi connectivity index (χ0n) is 19.6. The maximum atomic E-state index is 12.4. The highest BCUT2D eigenvalue weighted by Gasteiger charge is 2.49. The number of carbonyl (C=O) groups is 1. The van der Waals surface area contributed by atoms with Crippen molar-refractivity contribution < 1.29 is 45.1 Å². The first-order chi connectivity index (χ1) is 14.9. The second kappa shape index (κ2) is 11.7. The maximum absolute atomic E-state index is 12.4. The van der Waals surface area contributed by atoms with Crippen LogP contribution < -0.4 is 0 Å². The summed E-state index contributed by atoms with van der Waals surface area (Å²) in [6.07, 6.45) is 1.47. The molecular weight excluding hydrogens is 465 g/mol. The lowest BCUT2D eigenvalue weighted by Crippen LogP contribution is -2.27. The van der Waals surface area contributed by atoms with Crippen molar-refractivity contribution in [3.8, 4) is 0 Å². The number of hydrogen-bond donors (Lipinski definition) is 1. The van der Waals surface area contributed by atoms with Crippen molar-refractivity contribution in [2.75, 3.05) is 6.61 Å². The number of allylic oxidation sites excluding steroid dienone is 1. The Bertz CT molecular complexity index is 800. The molecule has 0 aromatic heterocycles. The van der Waals surface area contributed by atoms with Gasteiger partial charge in [-0.1, -0.05) is 20.1 Å². The van der Waals surface area contributed by atoms with Gasteiger partial charge >= 0.3 is 21.6 Å². The zero-order valence-corrected chi connectivity index (χ0v) is 20.4. The Hall–Kier alpha value is -1.59. The van der Waals surface area contributed by atoms with Crippen molar-refractivity contribution in [1.29, 1.82) is 0 Å². The number of carbonyl (C=O) groups excluding carboxylic acids is 1. The minimum atomic E-state index is -5.78. The van der Waals surface area contributed by atoms with Crippen LogP contribution in [0.2, 0.25) is 0 Å². The smallest absolute Gasteiger partial charge is 0.465 e. The summed E-state index contributed by atoms with van der Waals surface area (Å²) in [6.45, 7) is 14.3. The molecule has 1 fully saturated rings. The average molecular weight is 501 g/mol. The topological polar surface area (TPSA) is 99.1 Å². The monoisotopic (exact) mass is 500 g/mol. The molecule has 0 bridgehead atoms. The van der Waals surface area contributed by atoms with Gasteiger partial charge in [0.05, 0.1) is 30.3 Å². The van der Waals surface area contributed by atoms with E-state index in [2.05, 4.69) is 17.3 Å². The van der Waals surface area contributed by atoms with Gasteiger partial charge in [-0.2, -0.15) is 21.6 Å². The summed E-state index contributed by atoms with van der Waals surface area (Å²) in [5, 5.41) is 10.2. The Kier molecular flexibility index (Phi) is 10.4. The lowest BCUT2D eigenvalue weighted by Gasteiger charge is -2.21. The van der Waals surface area contributed by atoms with Crippen LogP contribution in [0.15, 0.2) is 24.5 Å². The maximum Gasteiger partial charge on any atom is 0.534 e. The van der Waals surface area contributed by atoms with Crippen LogP contribution in [0.25, 0.3) is 0 Å². The number of alkyl halides is 3. The average Bonchev–Trinajstić information content (AvgIpc) is 3.00. The minimum Gasteiger partial charge on any atom is -0.465 e. The van der Waals surface area contributed by atoms with E-state index in [4.69, 9.17) is 9.47 Å². The van der Waals surface area contributed by atoms with E-state index in [0.717, 1.165) is 5.57 Å². The van der Waals surface area contributed by atoms with Crippen LogP contribution in [0.3, 0.4) is 0 Å². The summed E-state index contributed by atoms with van der Waals surface area (Å²) < 4.78 is 74.6. The van der Waals surface area contributed by atoms with Crippen LogP contribution in [0.4, 0.5) is 13.2 Å². The van der Waals surface area contributed by atoms with E-state index in [9.17, 15) is 31.5 Å². The standard InChI is InChI=1S/C22H35F3O7S/c1-14(16(3)32-33(28,29)22(23,24)25)12-17(26)9-10-19-15(2)13-18(31-19)8-7-11-30-20(27)21(4,5)6/h14,17-19,26H,2-3,7-13H2,1,4-6H3/t14-,17-,18+,19?/m1/s1. The molecule has 7 nitrogen and oxygen atoms in total. The highest BCUT2D eigenvalue weighted by Crippen LogP contribution is 2.32. The van der Waals surface area contributed by atoms with E-state index in [0.29, 0.717) is 32.3 Å². The van der Waals surface area contributed by atoms with E-state index in [-0.39, 0.29) is 31.0 Å². The van der Waals surface area contributed by atoms with Gasteiger partial charge in [0.15, 0.2) is 0 Å². The first kappa shape index (κ1) is 29.4. The van der Waals surface area contributed by atoms with Gasteiger partial charge in [0.1, 0.15) is 5.76 Å². The number of ether oxygens (including phenoxy) is 2. The summed E-state index contributed by atoms with van der Waals surface area (Å²) >= 11 is 0. The third kappa shape index (κ3) is 9.66. The van der Waals surface area contributed by atoms with Crippen molar-refractivity contribution in [2.24, 2.45) is 11.3 Å². The second-order valence-electron chi connectivity index (χ2n) is 9.45.